The highest BCUT2D eigenvalue weighted by Gasteiger charge is 2.43. The quantitative estimate of drug-likeness (QED) is 0.714. The maximum Gasteiger partial charge on any atom is 0.254 e. The molecule has 5 nitrogen and oxygen atoms in total. The number of benzene rings is 2. The first-order valence-electron chi connectivity index (χ1n) is 11.4. The lowest BCUT2D eigenvalue weighted by atomic mass is 9.92. The number of halogens is 1. The number of ketones is 1. The lowest BCUT2D eigenvalue weighted by Crippen LogP contribution is -2.45. The van der Waals surface area contributed by atoms with Gasteiger partial charge < -0.3 is 10.3 Å². The van der Waals surface area contributed by atoms with Crippen LogP contribution in [0.5, 0.6) is 0 Å². The topological polar surface area (TPSA) is 61.4 Å². The summed E-state index contributed by atoms with van der Waals surface area (Å²) in [7, 11) is 0. The Labute approximate surface area is 187 Å². The minimum atomic E-state index is -0.383. The van der Waals surface area contributed by atoms with Crippen LogP contribution in [0.2, 0.25) is 0 Å². The summed E-state index contributed by atoms with van der Waals surface area (Å²) in [6, 6.07) is 14.4. The average molecular weight is 434 g/mol. The predicted octanol–water partition coefficient (Wildman–Crippen LogP) is 4.27. The Hall–Kier alpha value is -2.99. The number of carbonyl (C=O) groups excluding carboxylic acids is 2. The molecule has 166 valence electrons. The third-order valence-corrected chi connectivity index (χ3v) is 6.91. The molecule has 0 spiro atoms. The molecular formula is C26H28FN3O2. The van der Waals surface area contributed by atoms with Crippen LogP contribution >= 0.6 is 0 Å². The van der Waals surface area contributed by atoms with Crippen LogP contribution < -0.4 is 10.7 Å². The van der Waals surface area contributed by atoms with Gasteiger partial charge in [-0.15, -0.1) is 0 Å². The van der Waals surface area contributed by atoms with E-state index < -0.39 is 0 Å². The second kappa shape index (κ2) is 8.51. The van der Waals surface area contributed by atoms with E-state index in [1.54, 1.807) is 6.07 Å². The zero-order valence-corrected chi connectivity index (χ0v) is 18.2. The van der Waals surface area contributed by atoms with Gasteiger partial charge in [-0.3, -0.25) is 9.59 Å². The smallest absolute Gasteiger partial charge is 0.254 e. The van der Waals surface area contributed by atoms with Crippen LogP contribution in [0.1, 0.15) is 61.8 Å². The number of rotatable bonds is 6. The number of carbonyl (C=O) groups is 2. The molecule has 0 saturated heterocycles. The Morgan fingerprint density at radius 3 is 2.50 bits per heavy atom. The summed E-state index contributed by atoms with van der Waals surface area (Å²) in [5.74, 6) is -0.633. The number of hydrazine groups is 1. The monoisotopic (exact) mass is 433 g/mol. The molecule has 2 aromatic carbocycles. The number of nitrogens with one attached hydrogen (secondary N) is 2. The number of Topliss-reactive ketones (excluding diaryl/α,β-unsaturated/α-hetero) is 1. The van der Waals surface area contributed by atoms with E-state index in [1.807, 2.05) is 48.3 Å². The summed E-state index contributed by atoms with van der Waals surface area (Å²) in [5, 5.41) is 5.03. The molecule has 32 heavy (non-hydrogen) atoms. The van der Waals surface area contributed by atoms with Crippen molar-refractivity contribution in [2.75, 3.05) is 0 Å². The summed E-state index contributed by atoms with van der Waals surface area (Å²) in [4.78, 5) is 25.6. The van der Waals surface area contributed by atoms with E-state index in [1.165, 1.54) is 18.9 Å². The molecule has 2 aromatic rings. The third kappa shape index (κ3) is 3.95. The van der Waals surface area contributed by atoms with Gasteiger partial charge in [0.05, 0.1) is 18.2 Å². The van der Waals surface area contributed by atoms with E-state index >= 15 is 0 Å². The molecule has 2 aliphatic carbocycles. The van der Waals surface area contributed by atoms with Gasteiger partial charge in [0, 0.05) is 29.6 Å². The van der Waals surface area contributed by atoms with Gasteiger partial charge in [-0.1, -0.05) is 55.3 Å². The summed E-state index contributed by atoms with van der Waals surface area (Å²) in [5.41, 5.74) is 6.82. The van der Waals surface area contributed by atoms with Crippen molar-refractivity contribution in [3.8, 4) is 0 Å². The maximum absolute atomic E-state index is 14.8. The van der Waals surface area contributed by atoms with Crippen LogP contribution in [-0.4, -0.2) is 22.7 Å². The van der Waals surface area contributed by atoms with Crippen molar-refractivity contribution in [1.29, 1.82) is 0 Å². The molecule has 2 fully saturated rings. The molecule has 3 aliphatic rings. The van der Waals surface area contributed by atoms with Gasteiger partial charge in [0.2, 0.25) is 0 Å². The maximum atomic E-state index is 14.8. The summed E-state index contributed by atoms with van der Waals surface area (Å²) >= 11 is 0. The summed E-state index contributed by atoms with van der Waals surface area (Å²) in [6.07, 6.45) is 4.99. The predicted molar refractivity (Wildman–Crippen MR) is 120 cm³/mol. The SMILES string of the molecule is CC1=C(C(=O)N[C@H](c2ccccc2)C2CC2=O)c2cccc(F)c2CN1NC1CCCC1. The number of nitrogens with zero attached hydrogens (tertiary/aromatic N) is 1. The fraction of sp³-hybridized carbons (Fsp3) is 0.385. The summed E-state index contributed by atoms with van der Waals surface area (Å²) < 4.78 is 14.8. The van der Waals surface area contributed by atoms with Crippen molar-refractivity contribution in [2.45, 2.75) is 57.7 Å². The van der Waals surface area contributed by atoms with E-state index in [-0.39, 0.29) is 29.5 Å². The normalized spacial score (nSPS) is 21.5. The molecule has 1 heterocycles. The molecule has 5 rings (SSSR count). The molecule has 0 radical (unpaired) electrons. The number of hydrogen-bond acceptors (Lipinski definition) is 4. The van der Waals surface area contributed by atoms with Gasteiger partial charge in [-0.2, -0.15) is 0 Å². The molecule has 6 heteroatoms. The molecule has 2 atom stereocenters. The first kappa shape index (κ1) is 20.9. The zero-order valence-electron chi connectivity index (χ0n) is 18.2. The zero-order chi connectivity index (χ0) is 22.2. The molecule has 1 unspecified atom stereocenters. The fourth-order valence-corrected chi connectivity index (χ4v) is 5.02. The van der Waals surface area contributed by atoms with E-state index in [0.717, 1.165) is 24.1 Å². The average Bonchev–Trinajstić information content (AvgIpc) is 3.28. The lowest BCUT2D eigenvalue weighted by Gasteiger charge is -2.36. The van der Waals surface area contributed by atoms with Crippen LogP contribution in [0, 0.1) is 11.7 Å². The number of hydrogen-bond donors (Lipinski definition) is 2. The van der Waals surface area contributed by atoms with Crippen molar-refractivity contribution in [2.24, 2.45) is 5.92 Å². The largest absolute Gasteiger partial charge is 0.344 e. The Kier molecular flexibility index (Phi) is 5.55. The Bertz CT molecular complexity index is 1080. The summed E-state index contributed by atoms with van der Waals surface area (Å²) in [6.45, 7) is 2.29. The molecule has 1 amide bonds. The number of allylic oxidation sites excluding steroid dienone is 1. The number of fused-ring (bicyclic) bond motifs is 1. The van der Waals surface area contributed by atoms with E-state index in [2.05, 4.69) is 10.7 Å². The molecule has 2 N–H and O–H groups in total. The number of amides is 1. The van der Waals surface area contributed by atoms with E-state index in [0.29, 0.717) is 35.7 Å². The molecule has 0 bridgehead atoms. The van der Waals surface area contributed by atoms with Crippen molar-refractivity contribution in [3.05, 3.63) is 76.7 Å². The highest BCUT2D eigenvalue weighted by atomic mass is 19.1. The third-order valence-electron chi connectivity index (χ3n) is 6.91. The minimum absolute atomic E-state index is 0.157. The fourth-order valence-electron chi connectivity index (χ4n) is 5.02. The van der Waals surface area contributed by atoms with Gasteiger partial charge in [0.1, 0.15) is 11.6 Å². The van der Waals surface area contributed by atoms with E-state index in [4.69, 9.17) is 0 Å². The van der Waals surface area contributed by atoms with Crippen molar-refractivity contribution in [1.82, 2.24) is 15.8 Å². The van der Waals surface area contributed by atoms with Crippen molar-refractivity contribution < 1.29 is 14.0 Å². The molecule has 0 aromatic heterocycles. The standard InChI is InChI=1S/C26H28FN3O2/c1-16-24(26(32)28-25(20-14-23(20)31)17-8-3-2-4-9-17)19-12-7-13-22(27)21(19)15-30(16)29-18-10-5-6-11-18/h2-4,7-9,12-13,18,20,25,29H,5-6,10-11,14-15H2,1H3,(H,28,32)/t20?,25-/m1/s1. The van der Waals surface area contributed by atoms with Crippen LogP contribution in [0.15, 0.2) is 54.2 Å². The van der Waals surface area contributed by atoms with E-state index in [9.17, 15) is 14.0 Å². The van der Waals surface area contributed by atoms with Crippen LogP contribution in [0.25, 0.3) is 5.57 Å². The van der Waals surface area contributed by atoms with Gasteiger partial charge in [-0.25, -0.2) is 9.82 Å². The second-order valence-electron chi connectivity index (χ2n) is 9.06. The van der Waals surface area contributed by atoms with Gasteiger partial charge in [-0.05, 0) is 37.0 Å². The van der Waals surface area contributed by atoms with Gasteiger partial charge >= 0.3 is 0 Å². The Balaban J connectivity index is 1.49. The minimum Gasteiger partial charge on any atom is -0.344 e. The van der Waals surface area contributed by atoms with Crippen LogP contribution in [-0.2, 0) is 16.1 Å². The van der Waals surface area contributed by atoms with Gasteiger partial charge in [0.15, 0.2) is 0 Å². The Morgan fingerprint density at radius 2 is 1.81 bits per heavy atom. The first-order chi connectivity index (χ1) is 15.5. The molecular weight excluding hydrogens is 405 g/mol. The lowest BCUT2D eigenvalue weighted by molar-refractivity contribution is -0.116. The van der Waals surface area contributed by atoms with Crippen LogP contribution in [0.3, 0.4) is 0 Å². The molecule has 2 saturated carbocycles. The highest BCUT2D eigenvalue weighted by molar-refractivity contribution is 6.21. The Morgan fingerprint density at radius 1 is 1.09 bits per heavy atom. The highest BCUT2D eigenvalue weighted by Crippen LogP contribution is 2.39. The van der Waals surface area contributed by atoms with Gasteiger partial charge in [0.25, 0.3) is 5.91 Å². The van der Waals surface area contributed by atoms with Crippen molar-refractivity contribution >= 4 is 17.3 Å². The second-order valence-corrected chi connectivity index (χ2v) is 9.06. The van der Waals surface area contributed by atoms with Crippen molar-refractivity contribution in [3.63, 3.8) is 0 Å². The van der Waals surface area contributed by atoms with Crippen LogP contribution in [0.4, 0.5) is 4.39 Å². The molecule has 1 aliphatic heterocycles. The first-order valence-corrected chi connectivity index (χ1v) is 11.4.